The van der Waals surface area contributed by atoms with Gasteiger partial charge in [-0.3, -0.25) is 10.2 Å². The Morgan fingerprint density at radius 2 is 1.90 bits per heavy atom. The van der Waals surface area contributed by atoms with E-state index in [-0.39, 0.29) is 18.1 Å². The summed E-state index contributed by atoms with van der Waals surface area (Å²) in [7, 11) is 0. The molecule has 0 heterocycles. The van der Waals surface area contributed by atoms with Crippen LogP contribution in [-0.4, -0.2) is 5.91 Å². The van der Waals surface area contributed by atoms with Crippen molar-refractivity contribution in [3.8, 4) is 0 Å². The minimum Gasteiger partial charge on any atom is -0.398 e. The van der Waals surface area contributed by atoms with E-state index in [0.29, 0.717) is 11.4 Å². The molecule has 0 spiro atoms. The van der Waals surface area contributed by atoms with Crippen LogP contribution in [0.15, 0.2) is 47.4 Å². The van der Waals surface area contributed by atoms with Crippen molar-refractivity contribution in [3.05, 3.63) is 59.4 Å². The van der Waals surface area contributed by atoms with Gasteiger partial charge in [0.2, 0.25) is 5.91 Å². The largest absolute Gasteiger partial charge is 0.398 e. The van der Waals surface area contributed by atoms with Crippen molar-refractivity contribution in [1.82, 2.24) is 5.43 Å². The number of hydrogen-bond donors (Lipinski definition) is 3. The van der Waals surface area contributed by atoms with Crippen molar-refractivity contribution in [2.24, 2.45) is 5.84 Å². The summed E-state index contributed by atoms with van der Waals surface area (Å²) < 4.78 is 13.0. The second kappa shape index (κ2) is 7.10. The van der Waals surface area contributed by atoms with E-state index in [0.717, 1.165) is 16.0 Å². The summed E-state index contributed by atoms with van der Waals surface area (Å²) in [5.74, 6) is 5.16. The molecule has 0 saturated heterocycles. The highest BCUT2D eigenvalue weighted by Gasteiger charge is 2.08. The second-order valence-electron chi connectivity index (χ2n) is 4.48. The molecule has 0 aromatic heterocycles. The summed E-state index contributed by atoms with van der Waals surface area (Å²) in [6.07, 6.45) is 0.228. The summed E-state index contributed by atoms with van der Waals surface area (Å²) in [5, 5.41) is 0. The van der Waals surface area contributed by atoms with Crippen LogP contribution in [0.25, 0.3) is 0 Å². The molecule has 0 unspecified atom stereocenters. The Morgan fingerprint density at radius 3 is 2.57 bits per heavy atom. The van der Waals surface area contributed by atoms with Crippen LogP contribution >= 0.6 is 11.8 Å². The predicted octanol–water partition coefficient (Wildman–Crippen LogP) is 2.23. The van der Waals surface area contributed by atoms with Crippen LogP contribution in [0.1, 0.15) is 11.1 Å². The van der Waals surface area contributed by atoms with Gasteiger partial charge in [-0.05, 0) is 29.3 Å². The number of hydrogen-bond acceptors (Lipinski definition) is 4. The predicted molar refractivity (Wildman–Crippen MR) is 82.8 cm³/mol. The molecular formula is C15H16FN3OS. The normalized spacial score (nSPS) is 10.4. The van der Waals surface area contributed by atoms with Crippen LogP contribution in [0.5, 0.6) is 0 Å². The van der Waals surface area contributed by atoms with Crippen molar-refractivity contribution < 1.29 is 9.18 Å². The molecule has 5 N–H and O–H groups in total. The lowest BCUT2D eigenvalue weighted by molar-refractivity contribution is -0.120. The number of carbonyl (C=O) groups is 1. The summed E-state index contributed by atoms with van der Waals surface area (Å²) in [5.41, 5.74) is 10.3. The van der Waals surface area contributed by atoms with Gasteiger partial charge in [0.1, 0.15) is 5.82 Å². The van der Waals surface area contributed by atoms with Gasteiger partial charge >= 0.3 is 0 Å². The Bertz CT molecular complexity index is 649. The van der Waals surface area contributed by atoms with Gasteiger partial charge in [-0.15, -0.1) is 11.8 Å². The molecular weight excluding hydrogens is 289 g/mol. The third-order valence-corrected chi connectivity index (χ3v) is 4.12. The monoisotopic (exact) mass is 305 g/mol. The minimum atomic E-state index is -0.350. The standard InChI is InChI=1S/C15H16FN3OS/c16-12-5-6-14(13(17)8-12)21-9-11-4-2-1-3-10(11)7-15(20)19-18/h1-6,8H,7,9,17-18H2,(H,19,20). The lowest BCUT2D eigenvalue weighted by Gasteiger charge is -2.10. The highest BCUT2D eigenvalue weighted by Crippen LogP contribution is 2.29. The minimum absolute atomic E-state index is 0.228. The van der Waals surface area contributed by atoms with Gasteiger partial charge in [0, 0.05) is 16.3 Å². The number of nitrogens with two attached hydrogens (primary N) is 2. The lowest BCUT2D eigenvalue weighted by Crippen LogP contribution is -2.31. The zero-order valence-corrected chi connectivity index (χ0v) is 12.1. The average Bonchev–Trinajstić information content (AvgIpc) is 2.47. The van der Waals surface area contributed by atoms with Crippen LogP contribution in [-0.2, 0) is 17.0 Å². The first kappa shape index (κ1) is 15.3. The fraction of sp³-hybridized carbons (Fsp3) is 0.133. The van der Waals surface area contributed by atoms with E-state index in [1.165, 1.54) is 23.9 Å². The third-order valence-electron chi connectivity index (χ3n) is 2.99. The van der Waals surface area contributed by atoms with Gasteiger partial charge in [0.15, 0.2) is 0 Å². The molecule has 6 heteroatoms. The first-order valence-electron chi connectivity index (χ1n) is 6.34. The molecule has 2 aromatic carbocycles. The average molecular weight is 305 g/mol. The molecule has 0 atom stereocenters. The first-order chi connectivity index (χ1) is 10.1. The maximum Gasteiger partial charge on any atom is 0.238 e. The smallest absolute Gasteiger partial charge is 0.238 e. The fourth-order valence-corrected chi connectivity index (χ4v) is 2.88. The molecule has 0 aliphatic carbocycles. The topological polar surface area (TPSA) is 81.1 Å². The molecule has 2 aromatic rings. The Labute approximate surface area is 126 Å². The Kier molecular flexibility index (Phi) is 5.19. The number of benzene rings is 2. The maximum atomic E-state index is 13.0. The number of hydrazine groups is 1. The number of anilines is 1. The Morgan fingerprint density at radius 1 is 1.19 bits per heavy atom. The van der Waals surface area contributed by atoms with Crippen LogP contribution < -0.4 is 17.0 Å². The molecule has 4 nitrogen and oxygen atoms in total. The van der Waals surface area contributed by atoms with Crippen molar-refractivity contribution in [3.63, 3.8) is 0 Å². The Hall–Kier alpha value is -2.05. The molecule has 0 saturated carbocycles. The van der Waals surface area contributed by atoms with E-state index >= 15 is 0 Å². The summed E-state index contributed by atoms with van der Waals surface area (Å²) in [6.45, 7) is 0. The van der Waals surface area contributed by atoms with E-state index < -0.39 is 0 Å². The molecule has 0 fully saturated rings. The van der Waals surface area contributed by atoms with Crippen LogP contribution in [0.4, 0.5) is 10.1 Å². The number of amides is 1. The number of thioether (sulfide) groups is 1. The van der Waals surface area contributed by atoms with Crippen molar-refractivity contribution in [1.29, 1.82) is 0 Å². The van der Waals surface area contributed by atoms with Gasteiger partial charge < -0.3 is 5.73 Å². The number of halogens is 1. The number of carbonyl (C=O) groups excluding carboxylic acids is 1. The third kappa shape index (κ3) is 4.21. The second-order valence-corrected chi connectivity index (χ2v) is 5.50. The first-order valence-corrected chi connectivity index (χ1v) is 7.32. The van der Waals surface area contributed by atoms with E-state index in [1.54, 1.807) is 6.07 Å². The van der Waals surface area contributed by atoms with Crippen LogP contribution in [0.2, 0.25) is 0 Å². The summed E-state index contributed by atoms with van der Waals surface area (Å²) >= 11 is 1.50. The number of nitrogens with one attached hydrogen (secondary N) is 1. The number of rotatable bonds is 5. The van der Waals surface area contributed by atoms with Gasteiger partial charge in [0.05, 0.1) is 6.42 Å². The van der Waals surface area contributed by atoms with Crippen LogP contribution in [0, 0.1) is 5.82 Å². The van der Waals surface area contributed by atoms with Gasteiger partial charge in [-0.25, -0.2) is 10.2 Å². The summed E-state index contributed by atoms with van der Waals surface area (Å²) in [6, 6.07) is 12.0. The highest BCUT2D eigenvalue weighted by molar-refractivity contribution is 7.98. The van der Waals surface area contributed by atoms with Gasteiger partial charge in [-0.2, -0.15) is 0 Å². The van der Waals surface area contributed by atoms with E-state index in [2.05, 4.69) is 5.43 Å². The fourth-order valence-electron chi connectivity index (χ4n) is 1.90. The zero-order chi connectivity index (χ0) is 15.2. The molecule has 0 aliphatic heterocycles. The zero-order valence-electron chi connectivity index (χ0n) is 11.3. The Balaban J connectivity index is 2.11. The summed E-state index contributed by atoms with van der Waals surface area (Å²) in [4.78, 5) is 12.2. The van der Waals surface area contributed by atoms with E-state index in [9.17, 15) is 9.18 Å². The van der Waals surface area contributed by atoms with Crippen molar-refractivity contribution >= 4 is 23.4 Å². The molecule has 0 aliphatic rings. The molecule has 2 rings (SSSR count). The molecule has 110 valence electrons. The van der Waals surface area contributed by atoms with Crippen molar-refractivity contribution in [2.45, 2.75) is 17.1 Å². The molecule has 0 radical (unpaired) electrons. The van der Waals surface area contributed by atoms with Gasteiger partial charge in [0.25, 0.3) is 0 Å². The molecule has 1 amide bonds. The highest BCUT2D eigenvalue weighted by atomic mass is 32.2. The van der Waals surface area contributed by atoms with Crippen molar-refractivity contribution in [2.75, 3.05) is 5.73 Å². The quantitative estimate of drug-likeness (QED) is 0.260. The molecule has 21 heavy (non-hydrogen) atoms. The maximum absolute atomic E-state index is 13.0. The SMILES string of the molecule is NNC(=O)Cc1ccccc1CSc1ccc(F)cc1N. The van der Waals surface area contributed by atoms with Gasteiger partial charge in [-0.1, -0.05) is 24.3 Å². The number of nitrogen functional groups attached to an aromatic ring is 1. The lowest BCUT2D eigenvalue weighted by atomic mass is 10.1. The van der Waals surface area contributed by atoms with E-state index in [4.69, 9.17) is 11.6 Å². The van der Waals surface area contributed by atoms with E-state index in [1.807, 2.05) is 24.3 Å². The molecule has 0 bridgehead atoms. The van der Waals surface area contributed by atoms with Crippen LogP contribution in [0.3, 0.4) is 0 Å².